The van der Waals surface area contributed by atoms with Crippen LogP contribution in [0.2, 0.25) is 0 Å². The van der Waals surface area contributed by atoms with Gasteiger partial charge in [0, 0.05) is 16.1 Å². The van der Waals surface area contributed by atoms with E-state index in [2.05, 4.69) is 39.1 Å². The minimum atomic E-state index is 0.621. The third kappa shape index (κ3) is 1.55. The molecule has 1 fully saturated rings. The van der Waals surface area contributed by atoms with Crippen molar-refractivity contribution in [1.82, 2.24) is 4.98 Å². The Bertz CT molecular complexity index is 538. The van der Waals surface area contributed by atoms with Crippen molar-refractivity contribution < 1.29 is 0 Å². The fraction of sp³-hybridized carbons (Fsp3) is 0.308. The average molecular weight is 277 g/mol. The van der Waals surface area contributed by atoms with Crippen molar-refractivity contribution in [3.8, 4) is 0 Å². The fourth-order valence-corrected chi connectivity index (χ4v) is 2.80. The van der Waals surface area contributed by atoms with Crippen LogP contribution >= 0.6 is 15.9 Å². The van der Waals surface area contributed by atoms with E-state index in [1.807, 2.05) is 12.3 Å². The molecule has 1 heterocycles. The largest absolute Gasteiger partial charge is 0.330 e. The highest BCUT2D eigenvalue weighted by Gasteiger charge is 2.38. The molecule has 1 saturated carbocycles. The first-order valence-electron chi connectivity index (χ1n) is 5.54. The third-order valence-corrected chi connectivity index (χ3v) is 4.06. The molecule has 1 aromatic carbocycles. The number of hydrogen-bond acceptors (Lipinski definition) is 2. The Morgan fingerprint density at radius 2 is 2.25 bits per heavy atom. The van der Waals surface area contributed by atoms with Crippen LogP contribution in [-0.2, 0) is 0 Å². The average Bonchev–Trinajstić information content (AvgIpc) is 3.09. The lowest BCUT2D eigenvalue weighted by Crippen LogP contribution is -2.02. The van der Waals surface area contributed by atoms with Crippen molar-refractivity contribution in [2.75, 3.05) is 6.54 Å². The Hall–Kier alpha value is -0.930. The monoisotopic (exact) mass is 276 g/mol. The molecule has 3 heteroatoms. The smallest absolute Gasteiger partial charge is 0.0748 e. The topological polar surface area (TPSA) is 38.9 Å². The molecule has 2 nitrogen and oxygen atoms in total. The molecule has 2 atom stereocenters. The van der Waals surface area contributed by atoms with Gasteiger partial charge < -0.3 is 5.73 Å². The predicted molar refractivity (Wildman–Crippen MR) is 69.3 cm³/mol. The molecule has 16 heavy (non-hydrogen) atoms. The van der Waals surface area contributed by atoms with Gasteiger partial charge in [-0.1, -0.05) is 28.1 Å². The Morgan fingerprint density at radius 1 is 1.38 bits per heavy atom. The summed E-state index contributed by atoms with van der Waals surface area (Å²) in [6, 6.07) is 8.38. The zero-order valence-corrected chi connectivity index (χ0v) is 10.4. The molecular weight excluding hydrogens is 264 g/mol. The number of nitrogens with two attached hydrogens (primary N) is 1. The van der Waals surface area contributed by atoms with E-state index in [-0.39, 0.29) is 0 Å². The molecule has 0 radical (unpaired) electrons. The summed E-state index contributed by atoms with van der Waals surface area (Å²) in [6.45, 7) is 0.787. The zero-order chi connectivity index (χ0) is 11.1. The van der Waals surface area contributed by atoms with Gasteiger partial charge in [-0.05, 0) is 42.5 Å². The van der Waals surface area contributed by atoms with Gasteiger partial charge in [0.1, 0.15) is 0 Å². The van der Waals surface area contributed by atoms with Crippen molar-refractivity contribution in [2.24, 2.45) is 11.7 Å². The summed E-state index contributed by atoms with van der Waals surface area (Å²) < 4.78 is 1.12. The van der Waals surface area contributed by atoms with E-state index in [0.717, 1.165) is 16.5 Å². The first kappa shape index (κ1) is 10.2. The molecule has 2 N–H and O–H groups in total. The van der Waals surface area contributed by atoms with Crippen molar-refractivity contribution >= 4 is 26.8 Å². The molecular formula is C13H13BrN2. The van der Waals surface area contributed by atoms with E-state index < -0.39 is 0 Å². The summed E-state index contributed by atoms with van der Waals surface area (Å²) >= 11 is 3.57. The molecule has 0 amide bonds. The maximum absolute atomic E-state index is 5.71. The fourth-order valence-electron chi connectivity index (χ4n) is 2.35. The van der Waals surface area contributed by atoms with E-state index in [0.29, 0.717) is 11.8 Å². The minimum Gasteiger partial charge on any atom is -0.330 e. The predicted octanol–water partition coefficient (Wildman–Crippen LogP) is 3.06. The highest BCUT2D eigenvalue weighted by molar-refractivity contribution is 9.10. The van der Waals surface area contributed by atoms with Crippen molar-refractivity contribution in [1.29, 1.82) is 0 Å². The number of nitrogens with zero attached hydrogens (tertiary/aromatic N) is 1. The van der Waals surface area contributed by atoms with Crippen LogP contribution in [-0.4, -0.2) is 11.5 Å². The zero-order valence-electron chi connectivity index (χ0n) is 8.86. The first-order chi connectivity index (χ1) is 7.81. The van der Waals surface area contributed by atoms with Crippen LogP contribution < -0.4 is 5.73 Å². The lowest BCUT2D eigenvalue weighted by Gasteiger charge is -2.06. The first-order valence-corrected chi connectivity index (χ1v) is 6.33. The van der Waals surface area contributed by atoms with Crippen LogP contribution in [0.1, 0.15) is 17.9 Å². The van der Waals surface area contributed by atoms with E-state index in [9.17, 15) is 0 Å². The molecule has 2 unspecified atom stereocenters. The molecule has 0 saturated heterocycles. The van der Waals surface area contributed by atoms with Crippen LogP contribution in [0, 0.1) is 5.92 Å². The van der Waals surface area contributed by atoms with E-state index in [4.69, 9.17) is 5.73 Å². The second-order valence-corrected chi connectivity index (χ2v) is 5.23. The maximum Gasteiger partial charge on any atom is 0.0748 e. The number of rotatable bonds is 2. The summed E-state index contributed by atoms with van der Waals surface area (Å²) in [6.07, 6.45) is 3.07. The number of halogens is 1. The van der Waals surface area contributed by atoms with Gasteiger partial charge in [0.05, 0.1) is 5.52 Å². The standard InChI is InChI=1S/C13H13BrN2/c14-12-4-3-9(11-6-8(11)7-15)13-10(12)2-1-5-16-13/h1-5,8,11H,6-7,15H2. The molecule has 0 spiro atoms. The molecule has 0 bridgehead atoms. The van der Waals surface area contributed by atoms with Gasteiger partial charge in [-0.2, -0.15) is 0 Å². The van der Waals surface area contributed by atoms with Gasteiger partial charge in [-0.25, -0.2) is 0 Å². The Balaban J connectivity index is 2.16. The van der Waals surface area contributed by atoms with Crippen LogP contribution in [0.3, 0.4) is 0 Å². The van der Waals surface area contributed by atoms with E-state index in [1.54, 1.807) is 0 Å². The van der Waals surface area contributed by atoms with Gasteiger partial charge >= 0.3 is 0 Å². The molecule has 3 rings (SSSR count). The van der Waals surface area contributed by atoms with Crippen LogP contribution in [0.5, 0.6) is 0 Å². The Kier molecular flexibility index (Phi) is 2.45. The molecule has 1 aliphatic rings. The summed E-state index contributed by atoms with van der Waals surface area (Å²) in [7, 11) is 0. The summed E-state index contributed by atoms with van der Waals surface area (Å²) in [5, 5.41) is 1.20. The van der Waals surface area contributed by atoms with Crippen LogP contribution in [0.15, 0.2) is 34.9 Å². The van der Waals surface area contributed by atoms with Crippen LogP contribution in [0.25, 0.3) is 10.9 Å². The van der Waals surface area contributed by atoms with Gasteiger partial charge in [-0.15, -0.1) is 0 Å². The Morgan fingerprint density at radius 3 is 3.00 bits per heavy atom. The summed E-state index contributed by atoms with van der Waals surface area (Å²) in [5.41, 5.74) is 8.18. The second kappa shape index (κ2) is 3.82. The second-order valence-electron chi connectivity index (χ2n) is 4.37. The summed E-state index contributed by atoms with van der Waals surface area (Å²) in [4.78, 5) is 4.50. The molecule has 1 aliphatic carbocycles. The van der Waals surface area contributed by atoms with Gasteiger partial charge in [0.15, 0.2) is 0 Å². The van der Waals surface area contributed by atoms with Gasteiger partial charge in [-0.3, -0.25) is 4.98 Å². The Labute approximate surface area is 103 Å². The highest BCUT2D eigenvalue weighted by Crippen LogP contribution is 2.48. The van der Waals surface area contributed by atoms with Crippen molar-refractivity contribution in [3.63, 3.8) is 0 Å². The normalized spacial score (nSPS) is 23.6. The van der Waals surface area contributed by atoms with E-state index >= 15 is 0 Å². The minimum absolute atomic E-state index is 0.621. The molecule has 1 aromatic heterocycles. The van der Waals surface area contributed by atoms with Crippen molar-refractivity contribution in [2.45, 2.75) is 12.3 Å². The van der Waals surface area contributed by atoms with Gasteiger partial charge in [0.2, 0.25) is 0 Å². The maximum atomic E-state index is 5.71. The van der Waals surface area contributed by atoms with Gasteiger partial charge in [0.25, 0.3) is 0 Å². The number of aromatic nitrogens is 1. The molecule has 0 aliphatic heterocycles. The number of benzene rings is 1. The lowest BCUT2D eigenvalue weighted by molar-refractivity contribution is 0.811. The van der Waals surface area contributed by atoms with E-state index in [1.165, 1.54) is 17.4 Å². The number of fused-ring (bicyclic) bond motifs is 1. The SMILES string of the molecule is NCC1CC1c1ccc(Br)c2cccnc12. The summed E-state index contributed by atoms with van der Waals surface area (Å²) in [5.74, 6) is 1.28. The van der Waals surface area contributed by atoms with Crippen molar-refractivity contribution in [3.05, 3.63) is 40.5 Å². The molecule has 82 valence electrons. The highest BCUT2D eigenvalue weighted by atomic mass is 79.9. The molecule has 2 aromatic rings. The third-order valence-electron chi connectivity index (χ3n) is 3.37. The number of pyridine rings is 1. The van der Waals surface area contributed by atoms with Crippen LogP contribution in [0.4, 0.5) is 0 Å². The lowest BCUT2D eigenvalue weighted by atomic mass is 10.0. The number of hydrogen-bond donors (Lipinski definition) is 1. The quantitative estimate of drug-likeness (QED) is 0.916.